The molecule has 1 saturated heterocycles. The first-order valence-corrected chi connectivity index (χ1v) is 5.85. The van der Waals surface area contributed by atoms with Gasteiger partial charge in [0.15, 0.2) is 0 Å². The lowest BCUT2D eigenvalue weighted by atomic mass is 10.1. The van der Waals surface area contributed by atoms with E-state index in [-0.39, 0.29) is 12.4 Å². The second-order valence-electron chi connectivity index (χ2n) is 4.86. The molecule has 88 valence electrons. The number of hydrogen-bond acceptors (Lipinski definition) is 2. The minimum atomic E-state index is 0. The Morgan fingerprint density at radius 3 is 2.94 bits per heavy atom. The topological polar surface area (TPSA) is 15.3 Å². The number of piperazine rings is 1. The first-order chi connectivity index (χ1) is 7.27. The normalized spacial score (nSPS) is 27.0. The molecule has 2 atom stereocenters. The fourth-order valence-electron chi connectivity index (χ4n) is 3.10. The minimum absolute atomic E-state index is 0. The number of hydrogen-bond donors (Lipinski definition) is 1. The van der Waals surface area contributed by atoms with Crippen molar-refractivity contribution in [1.82, 2.24) is 5.32 Å². The van der Waals surface area contributed by atoms with Crippen LogP contribution in [0, 0.1) is 6.92 Å². The van der Waals surface area contributed by atoms with Crippen LogP contribution in [-0.4, -0.2) is 25.2 Å². The van der Waals surface area contributed by atoms with Crippen molar-refractivity contribution in [3.05, 3.63) is 29.3 Å². The Morgan fingerprint density at radius 2 is 2.12 bits per heavy atom. The van der Waals surface area contributed by atoms with Crippen LogP contribution in [-0.2, 0) is 6.42 Å². The van der Waals surface area contributed by atoms with Crippen LogP contribution in [0.1, 0.15) is 18.1 Å². The molecule has 2 nitrogen and oxygen atoms in total. The molecule has 0 radical (unpaired) electrons. The first kappa shape index (κ1) is 11.7. The van der Waals surface area contributed by atoms with Gasteiger partial charge in [-0.3, -0.25) is 0 Å². The van der Waals surface area contributed by atoms with Gasteiger partial charge in [0, 0.05) is 30.9 Å². The van der Waals surface area contributed by atoms with Gasteiger partial charge in [0.1, 0.15) is 0 Å². The highest BCUT2D eigenvalue weighted by Crippen LogP contribution is 2.37. The van der Waals surface area contributed by atoms with Crippen LogP contribution in [0.5, 0.6) is 0 Å². The highest BCUT2D eigenvalue weighted by atomic mass is 35.5. The molecule has 1 fully saturated rings. The van der Waals surface area contributed by atoms with Crippen LogP contribution in [0.15, 0.2) is 18.2 Å². The fourth-order valence-corrected chi connectivity index (χ4v) is 3.10. The maximum Gasteiger partial charge on any atom is 0.0459 e. The molecule has 0 saturated carbocycles. The summed E-state index contributed by atoms with van der Waals surface area (Å²) in [6.45, 7) is 6.80. The summed E-state index contributed by atoms with van der Waals surface area (Å²) in [5.41, 5.74) is 4.48. The third-order valence-electron chi connectivity index (χ3n) is 3.72. The molecule has 0 bridgehead atoms. The van der Waals surface area contributed by atoms with Gasteiger partial charge < -0.3 is 10.2 Å². The van der Waals surface area contributed by atoms with Gasteiger partial charge in [0.2, 0.25) is 0 Å². The lowest BCUT2D eigenvalue weighted by Crippen LogP contribution is -2.55. The van der Waals surface area contributed by atoms with Gasteiger partial charge in [0.05, 0.1) is 0 Å². The van der Waals surface area contributed by atoms with E-state index in [9.17, 15) is 0 Å². The molecule has 0 aromatic heterocycles. The van der Waals surface area contributed by atoms with E-state index in [1.54, 1.807) is 0 Å². The summed E-state index contributed by atoms with van der Waals surface area (Å²) in [6.07, 6.45) is 1.22. The maximum absolute atomic E-state index is 3.52. The first-order valence-electron chi connectivity index (χ1n) is 5.85. The third-order valence-corrected chi connectivity index (χ3v) is 3.72. The lowest BCUT2D eigenvalue weighted by molar-refractivity contribution is 0.429. The molecule has 0 aliphatic carbocycles. The van der Waals surface area contributed by atoms with E-state index in [1.807, 2.05) is 0 Å². The summed E-state index contributed by atoms with van der Waals surface area (Å²) in [5.74, 6) is 0. The van der Waals surface area contributed by atoms with Gasteiger partial charge in [-0.25, -0.2) is 0 Å². The monoisotopic (exact) mass is 238 g/mol. The Bertz CT molecular complexity index is 392. The standard InChI is InChI=1S/C13H18N2.ClH/c1-9-4-3-5-11-6-12-8-14-7-10(2)15(12)13(9)11;/h3-5,10,12,14H,6-8H2,1-2H3;1H/t10-,12-;/m1./s1. The number of rotatable bonds is 0. The average Bonchev–Trinajstić information content (AvgIpc) is 2.58. The number of halogens is 1. The van der Waals surface area contributed by atoms with E-state index in [0.29, 0.717) is 12.1 Å². The van der Waals surface area contributed by atoms with Crippen LogP contribution in [0.25, 0.3) is 0 Å². The van der Waals surface area contributed by atoms with Crippen molar-refractivity contribution < 1.29 is 0 Å². The van der Waals surface area contributed by atoms with Crippen molar-refractivity contribution in [1.29, 1.82) is 0 Å². The van der Waals surface area contributed by atoms with Crippen LogP contribution >= 0.6 is 12.4 Å². The number of fused-ring (bicyclic) bond motifs is 3. The predicted molar refractivity (Wildman–Crippen MR) is 70.7 cm³/mol. The van der Waals surface area contributed by atoms with Gasteiger partial charge in [-0.15, -0.1) is 12.4 Å². The molecule has 3 rings (SSSR count). The van der Waals surface area contributed by atoms with Gasteiger partial charge >= 0.3 is 0 Å². The van der Waals surface area contributed by atoms with Gasteiger partial charge in [-0.2, -0.15) is 0 Å². The van der Waals surface area contributed by atoms with Crippen molar-refractivity contribution in [2.45, 2.75) is 32.4 Å². The van der Waals surface area contributed by atoms with E-state index in [2.05, 4.69) is 42.3 Å². The third kappa shape index (κ3) is 1.61. The summed E-state index contributed by atoms with van der Waals surface area (Å²) in [5, 5.41) is 3.52. The zero-order chi connectivity index (χ0) is 10.4. The van der Waals surface area contributed by atoms with Crippen LogP contribution in [0.2, 0.25) is 0 Å². The van der Waals surface area contributed by atoms with Gasteiger partial charge in [-0.05, 0) is 31.4 Å². The van der Waals surface area contributed by atoms with Crippen molar-refractivity contribution in [2.75, 3.05) is 18.0 Å². The molecular weight excluding hydrogens is 220 g/mol. The summed E-state index contributed by atoms with van der Waals surface area (Å²) in [4.78, 5) is 2.63. The smallest absolute Gasteiger partial charge is 0.0459 e. The van der Waals surface area contributed by atoms with E-state index in [1.165, 1.54) is 23.2 Å². The van der Waals surface area contributed by atoms with E-state index in [4.69, 9.17) is 0 Å². The molecule has 2 aliphatic heterocycles. The van der Waals surface area contributed by atoms with Crippen molar-refractivity contribution >= 4 is 18.1 Å². The molecule has 3 heteroatoms. The average molecular weight is 239 g/mol. The van der Waals surface area contributed by atoms with Crippen molar-refractivity contribution in [3.8, 4) is 0 Å². The highest BCUT2D eigenvalue weighted by molar-refractivity contribution is 5.85. The second kappa shape index (κ2) is 4.27. The second-order valence-corrected chi connectivity index (χ2v) is 4.86. The van der Waals surface area contributed by atoms with Crippen LogP contribution in [0.4, 0.5) is 5.69 Å². The predicted octanol–water partition coefficient (Wildman–Crippen LogP) is 2.14. The summed E-state index contributed by atoms with van der Waals surface area (Å²) in [7, 11) is 0. The van der Waals surface area contributed by atoms with E-state index < -0.39 is 0 Å². The van der Waals surface area contributed by atoms with Gasteiger partial charge in [-0.1, -0.05) is 18.2 Å². The molecule has 1 N–H and O–H groups in total. The Kier molecular flexibility index (Phi) is 3.13. The van der Waals surface area contributed by atoms with Crippen molar-refractivity contribution in [3.63, 3.8) is 0 Å². The van der Waals surface area contributed by atoms with E-state index in [0.717, 1.165) is 13.1 Å². The molecule has 1 aromatic carbocycles. The van der Waals surface area contributed by atoms with Crippen LogP contribution in [0.3, 0.4) is 0 Å². The quantitative estimate of drug-likeness (QED) is 0.745. The molecule has 0 spiro atoms. The molecule has 1 aromatic rings. The number of nitrogens with one attached hydrogen (secondary N) is 1. The van der Waals surface area contributed by atoms with Crippen LogP contribution < -0.4 is 10.2 Å². The molecule has 2 aliphatic rings. The molecule has 0 amide bonds. The zero-order valence-corrected chi connectivity index (χ0v) is 10.7. The Hall–Kier alpha value is -0.730. The summed E-state index contributed by atoms with van der Waals surface area (Å²) < 4.78 is 0. The SMILES string of the molecule is Cc1cccc2c1N1[C@@H](CNC[C@H]1C)C2.Cl. The molecule has 2 heterocycles. The van der Waals surface area contributed by atoms with E-state index >= 15 is 0 Å². The lowest BCUT2D eigenvalue weighted by Gasteiger charge is -2.39. The highest BCUT2D eigenvalue weighted by Gasteiger charge is 2.35. The Balaban J connectivity index is 0.000000963. The maximum atomic E-state index is 3.52. The summed E-state index contributed by atoms with van der Waals surface area (Å²) >= 11 is 0. The summed E-state index contributed by atoms with van der Waals surface area (Å²) in [6, 6.07) is 8.02. The number of para-hydroxylation sites is 1. The number of benzene rings is 1. The number of nitrogens with zero attached hydrogens (tertiary/aromatic N) is 1. The van der Waals surface area contributed by atoms with Gasteiger partial charge in [0.25, 0.3) is 0 Å². The number of aryl methyl sites for hydroxylation is 1. The van der Waals surface area contributed by atoms with Crippen molar-refractivity contribution in [2.24, 2.45) is 0 Å². The fraction of sp³-hybridized carbons (Fsp3) is 0.538. The minimum Gasteiger partial charge on any atom is -0.363 e. The molecule has 0 unspecified atom stereocenters. The molecular formula is C13H19ClN2. The Labute approximate surface area is 103 Å². The molecule has 16 heavy (non-hydrogen) atoms. The number of anilines is 1. The zero-order valence-electron chi connectivity index (χ0n) is 9.86. The Morgan fingerprint density at radius 1 is 1.31 bits per heavy atom. The largest absolute Gasteiger partial charge is 0.363 e.